The Hall–Kier alpha value is -1.81. The first-order valence-corrected chi connectivity index (χ1v) is 7.95. The lowest BCUT2D eigenvalue weighted by Gasteiger charge is -2.13. The molecule has 0 unspecified atom stereocenters. The summed E-state index contributed by atoms with van der Waals surface area (Å²) >= 11 is 0. The summed E-state index contributed by atoms with van der Waals surface area (Å²) in [5.41, 5.74) is 4.45. The Balaban J connectivity index is 2.41. The van der Waals surface area contributed by atoms with Crippen molar-refractivity contribution < 1.29 is 8.42 Å². The van der Waals surface area contributed by atoms with Gasteiger partial charge < -0.3 is 0 Å². The molecule has 1 N–H and O–H groups in total. The lowest BCUT2D eigenvalue weighted by atomic mass is 10.1. The third-order valence-corrected chi connectivity index (χ3v) is 4.77. The first-order chi connectivity index (χ1) is 9.29. The van der Waals surface area contributed by atoms with Gasteiger partial charge in [-0.3, -0.25) is 4.72 Å². The Bertz CT molecular complexity index is 749. The number of nitrogens with one attached hydrogen (secondary N) is 1. The van der Waals surface area contributed by atoms with Crippen molar-refractivity contribution in [2.75, 3.05) is 4.72 Å². The number of rotatable bonds is 3. The molecule has 2 aromatic carbocycles. The number of hydrogen-bond acceptors (Lipinski definition) is 2. The predicted molar refractivity (Wildman–Crippen MR) is 82.6 cm³/mol. The van der Waals surface area contributed by atoms with E-state index in [0.717, 1.165) is 22.3 Å². The molecule has 0 heterocycles. The van der Waals surface area contributed by atoms with Crippen LogP contribution in [-0.2, 0) is 10.0 Å². The molecule has 0 aliphatic carbocycles. The minimum absolute atomic E-state index is 0.322. The first kappa shape index (κ1) is 14.6. The normalized spacial score (nSPS) is 11.4. The zero-order valence-electron chi connectivity index (χ0n) is 12.2. The van der Waals surface area contributed by atoms with Gasteiger partial charge in [0.15, 0.2) is 0 Å². The van der Waals surface area contributed by atoms with Crippen LogP contribution in [-0.4, -0.2) is 8.42 Å². The summed E-state index contributed by atoms with van der Waals surface area (Å²) in [5, 5.41) is 0. The number of hydrogen-bond donors (Lipinski definition) is 1. The molecule has 0 saturated heterocycles. The molecule has 2 rings (SSSR count). The molecule has 0 spiro atoms. The van der Waals surface area contributed by atoms with Crippen LogP contribution in [0.1, 0.15) is 22.3 Å². The molecule has 0 aliphatic heterocycles. The molecule has 3 nitrogen and oxygen atoms in total. The fourth-order valence-corrected chi connectivity index (χ4v) is 3.59. The summed E-state index contributed by atoms with van der Waals surface area (Å²) in [6.07, 6.45) is 0. The highest BCUT2D eigenvalue weighted by Crippen LogP contribution is 2.23. The van der Waals surface area contributed by atoms with E-state index in [-0.39, 0.29) is 0 Å². The SMILES string of the molecule is Cc1ccc(NS(=O)(=O)c2ccc(C)cc2C)c(C)c1. The smallest absolute Gasteiger partial charge is 0.262 e. The maximum Gasteiger partial charge on any atom is 0.262 e. The van der Waals surface area contributed by atoms with Gasteiger partial charge in [-0.25, -0.2) is 8.42 Å². The molecule has 0 radical (unpaired) electrons. The van der Waals surface area contributed by atoms with Crippen molar-refractivity contribution in [3.05, 3.63) is 58.7 Å². The molecule has 0 saturated carbocycles. The maximum atomic E-state index is 12.5. The summed E-state index contributed by atoms with van der Waals surface area (Å²) < 4.78 is 27.6. The zero-order valence-corrected chi connectivity index (χ0v) is 13.0. The van der Waals surface area contributed by atoms with Crippen molar-refractivity contribution in [1.29, 1.82) is 0 Å². The van der Waals surface area contributed by atoms with Crippen LogP contribution in [0, 0.1) is 27.7 Å². The molecule has 2 aromatic rings. The van der Waals surface area contributed by atoms with Crippen LogP contribution in [0.25, 0.3) is 0 Å². The van der Waals surface area contributed by atoms with E-state index in [1.807, 2.05) is 52.0 Å². The summed E-state index contributed by atoms with van der Waals surface area (Å²) in [4.78, 5) is 0.322. The largest absolute Gasteiger partial charge is 0.279 e. The van der Waals surface area contributed by atoms with Crippen molar-refractivity contribution in [2.45, 2.75) is 32.6 Å². The van der Waals surface area contributed by atoms with Gasteiger partial charge in [0.05, 0.1) is 10.6 Å². The Labute approximate surface area is 120 Å². The summed E-state index contributed by atoms with van der Waals surface area (Å²) in [6.45, 7) is 7.63. The topological polar surface area (TPSA) is 46.2 Å². The van der Waals surface area contributed by atoms with Crippen LogP contribution in [0.3, 0.4) is 0 Å². The molecule has 0 amide bonds. The summed E-state index contributed by atoms with van der Waals surface area (Å²) in [6, 6.07) is 11.0. The van der Waals surface area contributed by atoms with Crippen LogP contribution in [0.15, 0.2) is 41.3 Å². The Morgan fingerprint density at radius 1 is 0.800 bits per heavy atom. The minimum Gasteiger partial charge on any atom is -0.279 e. The molecule has 0 bridgehead atoms. The molecular formula is C16H19NO2S. The standard InChI is InChI=1S/C16H19NO2S/c1-11-5-7-15(13(3)9-11)17-20(18,19)16-8-6-12(2)10-14(16)4/h5-10,17H,1-4H3. The van der Waals surface area contributed by atoms with Gasteiger partial charge in [-0.05, 0) is 51.0 Å². The quantitative estimate of drug-likeness (QED) is 0.936. The second kappa shape index (κ2) is 5.29. The van der Waals surface area contributed by atoms with E-state index in [2.05, 4.69) is 4.72 Å². The Morgan fingerprint density at radius 2 is 1.35 bits per heavy atom. The van der Waals surface area contributed by atoms with Crippen LogP contribution in [0.5, 0.6) is 0 Å². The number of sulfonamides is 1. The van der Waals surface area contributed by atoms with Gasteiger partial charge in [0.1, 0.15) is 0 Å². The molecular weight excluding hydrogens is 270 g/mol. The lowest BCUT2D eigenvalue weighted by molar-refractivity contribution is 0.600. The Morgan fingerprint density at radius 3 is 1.90 bits per heavy atom. The second-order valence-corrected chi connectivity index (χ2v) is 6.84. The third kappa shape index (κ3) is 3.02. The molecule has 0 aromatic heterocycles. The van der Waals surface area contributed by atoms with Crippen molar-refractivity contribution in [2.24, 2.45) is 0 Å². The van der Waals surface area contributed by atoms with Crippen LogP contribution in [0.4, 0.5) is 5.69 Å². The molecule has 4 heteroatoms. The molecule has 0 fully saturated rings. The molecule has 106 valence electrons. The summed E-state index contributed by atoms with van der Waals surface area (Å²) in [7, 11) is -3.55. The second-order valence-electron chi connectivity index (χ2n) is 5.19. The average molecular weight is 289 g/mol. The molecule has 0 atom stereocenters. The van der Waals surface area contributed by atoms with E-state index in [4.69, 9.17) is 0 Å². The van der Waals surface area contributed by atoms with Gasteiger partial charge in [0, 0.05) is 0 Å². The average Bonchev–Trinajstić information content (AvgIpc) is 2.32. The van der Waals surface area contributed by atoms with Gasteiger partial charge in [0.25, 0.3) is 10.0 Å². The van der Waals surface area contributed by atoms with E-state index in [0.29, 0.717) is 10.6 Å². The molecule has 0 aliphatic rings. The van der Waals surface area contributed by atoms with Gasteiger partial charge in [0.2, 0.25) is 0 Å². The first-order valence-electron chi connectivity index (χ1n) is 6.47. The highest BCUT2D eigenvalue weighted by Gasteiger charge is 2.17. The van der Waals surface area contributed by atoms with Crippen molar-refractivity contribution in [1.82, 2.24) is 0 Å². The van der Waals surface area contributed by atoms with Crippen molar-refractivity contribution in [3.63, 3.8) is 0 Å². The predicted octanol–water partition coefficient (Wildman–Crippen LogP) is 3.72. The fourth-order valence-electron chi connectivity index (χ4n) is 2.23. The third-order valence-electron chi connectivity index (χ3n) is 3.25. The highest BCUT2D eigenvalue weighted by molar-refractivity contribution is 7.92. The fraction of sp³-hybridized carbons (Fsp3) is 0.250. The van der Waals surface area contributed by atoms with Crippen molar-refractivity contribution in [3.8, 4) is 0 Å². The minimum atomic E-state index is -3.55. The van der Waals surface area contributed by atoms with E-state index in [1.165, 1.54) is 0 Å². The van der Waals surface area contributed by atoms with Crippen LogP contribution < -0.4 is 4.72 Å². The highest BCUT2D eigenvalue weighted by atomic mass is 32.2. The monoisotopic (exact) mass is 289 g/mol. The van der Waals surface area contributed by atoms with E-state index in [9.17, 15) is 8.42 Å². The zero-order chi connectivity index (χ0) is 14.9. The van der Waals surface area contributed by atoms with Crippen LogP contribution >= 0.6 is 0 Å². The van der Waals surface area contributed by atoms with E-state index >= 15 is 0 Å². The maximum absolute atomic E-state index is 12.5. The lowest BCUT2D eigenvalue weighted by Crippen LogP contribution is -2.15. The van der Waals surface area contributed by atoms with Gasteiger partial charge in [-0.2, -0.15) is 0 Å². The van der Waals surface area contributed by atoms with Crippen molar-refractivity contribution >= 4 is 15.7 Å². The number of anilines is 1. The summed E-state index contributed by atoms with van der Waals surface area (Å²) in [5.74, 6) is 0. The number of aryl methyl sites for hydroxylation is 4. The number of benzene rings is 2. The van der Waals surface area contributed by atoms with Gasteiger partial charge in [-0.1, -0.05) is 35.4 Å². The Kier molecular flexibility index (Phi) is 3.86. The van der Waals surface area contributed by atoms with E-state index in [1.54, 1.807) is 12.1 Å². The van der Waals surface area contributed by atoms with Gasteiger partial charge in [-0.15, -0.1) is 0 Å². The van der Waals surface area contributed by atoms with E-state index < -0.39 is 10.0 Å². The molecule has 20 heavy (non-hydrogen) atoms. The van der Waals surface area contributed by atoms with Crippen LogP contribution in [0.2, 0.25) is 0 Å². The van der Waals surface area contributed by atoms with Gasteiger partial charge >= 0.3 is 0 Å².